The molecule has 1 fully saturated rings. The minimum atomic E-state index is -0.156. The topological polar surface area (TPSA) is 61.4 Å². The van der Waals surface area contributed by atoms with E-state index in [1.165, 1.54) is 0 Å². The molecule has 0 unspecified atom stereocenters. The molecule has 124 valence electrons. The van der Waals surface area contributed by atoms with Gasteiger partial charge in [0, 0.05) is 35.1 Å². The van der Waals surface area contributed by atoms with Crippen molar-refractivity contribution in [2.24, 2.45) is 0 Å². The number of amides is 2. The van der Waals surface area contributed by atoms with E-state index >= 15 is 0 Å². The summed E-state index contributed by atoms with van der Waals surface area (Å²) in [5, 5.41) is 6.41. The number of hydrogen-bond donors (Lipinski definition) is 2. The van der Waals surface area contributed by atoms with Gasteiger partial charge in [0.05, 0.1) is 6.54 Å². The number of carbonyl (C=O) groups is 2. The Labute approximate surface area is 145 Å². The zero-order valence-corrected chi connectivity index (χ0v) is 13.8. The van der Waals surface area contributed by atoms with E-state index in [9.17, 15) is 9.59 Å². The highest BCUT2D eigenvalue weighted by molar-refractivity contribution is 6.30. The van der Waals surface area contributed by atoms with Crippen molar-refractivity contribution in [2.45, 2.75) is 12.8 Å². The van der Waals surface area contributed by atoms with Gasteiger partial charge >= 0.3 is 0 Å². The summed E-state index contributed by atoms with van der Waals surface area (Å²) >= 11 is 5.89. The lowest BCUT2D eigenvalue weighted by Crippen LogP contribution is -2.24. The predicted octanol–water partition coefficient (Wildman–Crippen LogP) is 3.52. The summed E-state index contributed by atoms with van der Waals surface area (Å²) in [6.07, 6.45) is 1.52. The van der Waals surface area contributed by atoms with Crippen LogP contribution < -0.4 is 15.5 Å². The van der Waals surface area contributed by atoms with Crippen LogP contribution in [-0.2, 0) is 9.59 Å². The highest BCUT2D eigenvalue weighted by Crippen LogP contribution is 2.23. The average Bonchev–Trinajstić information content (AvgIpc) is 2.99. The second-order valence-corrected chi connectivity index (χ2v) is 6.04. The molecule has 0 radical (unpaired) electrons. The summed E-state index contributed by atoms with van der Waals surface area (Å²) in [5.74, 6) is 0.00710. The van der Waals surface area contributed by atoms with Gasteiger partial charge < -0.3 is 15.5 Å². The van der Waals surface area contributed by atoms with E-state index < -0.39 is 0 Å². The number of rotatable bonds is 5. The molecule has 24 heavy (non-hydrogen) atoms. The normalized spacial score (nSPS) is 13.9. The third-order valence-corrected chi connectivity index (χ3v) is 4.05. The number of nitrogens with zero attached hydrogens (tertiary/aromatic N) is 1. The molecule has 5 nitrogen and oxygen atoms in total. The lowest BCUT2D eigenvalue weighted by atomic mass is 10.2. The molecule has 2 aromatic rings. The van der Waals surface area contributed by atoms with Crippen molar-refractivity contribution in [3.05, 3.63) is 53.6 Å². The van der Waals surface area contributed by atoms with Crippen molar-refractivity contribution in [2.75, 3.05) is 28.6 Å². The van der Waals surface area contributed by atoms with E-state index in [-0.39, 0.29) is 18.4 Å². The minimum absolute atomic E-state index is 0.147. The van der Waals surface area contributed by atoms with Crippen LogP contribution in [0.3, 0.4) is 0 Å². The highest BCUT2D eigenvalue weighted by atomic mass is 35.5. The van der Waals surface area contributed by atoms with Gasteiger partial charge in [-0.05, 0) is 48.9 Å². The zero-order valence-electron chi connectivity index (χ0n) is 13.1. The van der Waals surface area contributed by atoms with Crippen LogP contribution in [0.1, 0.15) is 12.8 Å². The van der Waals surface area contributed by atoms with Gasteiger partial charge in [0.2, 0.25) is 11.8 Å². The van der Waals surface area contributed by atoms with E-state index in [1.54, 1.807) is 29.2 Å². The van der Waals surface area contributed by atoms with Crippen LogP contribution in [0.25, 0.3) is 0 Å². The molecule has 0 atom stereocenters. The van der Waals surface area contributed by atoms with Gasteiger partial charge in [0.25, 0.3) is 0 Å². The van der Waals surface area contributed by atoms with Crippen molar-refractivity contribution in [3.8, 4) is 0 Å². The van der Waals surface area contributed by atoms with E-state index in [2.05, 4.69) is 10.6 Å². The molecule has 2 N–H and O–H groups in total. The van der Waals surface area contributed by atoms with Gasteiger partial charge in [-0.15, -0.1) is 0 Å². The first kappa shape index (κ1) is 16.3. The van der Waals surface area contributed by atoms with Crippen molar-refractivity contribution in [3.63, 3.8) is 0 Å². The molecule has 6 heteroatoms. The Hall–Kier alpha value is -2.53. The largest absolute Gasteiger partial charge is 0.376 e. The Morgan fingerprint density at radius 2 is 1.92 bits per heavy atom. The number of nitrogens with one attached hydrogen (secondary N) is 2. The van der Waals surface area contributed by atoms with Crippen LogP contribution in [0.2, 0.25) is 5.02 Å². The van der Waals surface area contributed by atoms with E-state index in [0.29, 0.717) is 17.1 Å². The molecule has 0 saturated carbocycles. The van der Waals surface area contributed by atoms with Crippen LogP contribution in [0.4, 0.5) is 17.1 Å². The van der Waals surface area contributed by atoms with E-state index in [1.807, 2.05) is 24.3 Å². The second kappa shape index (κ2) is 7.36. The Bertz CT molecular complexity index is 746. The molecule has 0 bridgehead atoms. The predicted molar refractivity (Wildman–Crippen MR) is 96.6 cm³/mol. The van der Waals surface area contributed by atoms with Gasteiger partial charge in [-0.25, -0.2) is 0 Å². The second-order valence-electron chi connectivity index (χ2n) is 5.61. The van der Waals surface area contributed by atoms with E-state index in [4.69, 9.17) is 11.6 Å². The molecule has 1 saturated heterocycles. The standard InChI is InChI=1S/C18H18ClN3O2/c19-13-3-1-4-15(11-13)21-17(23)12-20-14-6-8-16(9-7-14)22-10-2-5-18(22)24/h1,3-4,6-9,11,20H,2,5,10,12H2,(H,21,23). The van der Waals surface area contributed by atoms with Gasteiger partial charge in [0.1, 0.15) is 0 Å². The Morgan fingerprint density at radius 1 is 1.12 bits per heavy atom. The van der Waals surface area contributed by atoms with Gasteiger partial charge in [0.15, 0.2) is 0 Å². The fourth-order valence-electron chi connectivity index (χ4n) is 2.63. The summed E-state index contributed by atoms with van der Waals surface area (Å²) in [6, 6.07) is 14.5. The number of hydrogen-bond acceptors (Lipinski definition) is 3. The molecule has 1 aliphatic rings. The Kier molecular flexibility index (Phi) is 5.01. The lowest BCUT2D eigenvalue weighted by molar-refractivity contribution is -0.117. The minimum Gasteiger partial charge on any atom is -0.376 e. The van der Waals surface area contributed by atoms with Crippen LogP contribution in [-0.4, -0.2) is 24.9 Å². The van der Waals surface area contributed by atoms with Gasteiger partial charge in [-0.2, -0.15) is 0 Å². The summed E-state index contributed by atoms with van der Waals surface area (Å²) in [7, 11) is 0. The fourth-order valence-corrected chi connectivity index (χ4v) is 2.82. The number of anilines is 3. The molecule has 1 heterocycles. The Morgan fingerprint density at radius 3 is 2.58 bits per heavy atom. The van der Waals surface area contributed by atoms with Crippen molar-refractivity contribution >= 4 is 40.5 Å². The number of halogens is 1. The smallest absolute Gasteiger partial charge is 0.243 e. The SMILES string of the molecule is O=C(CNc1ccc(N2CCCC2=O)cc1)Nc1cccc(Cl)c1. The first-order valence-electron chi connectivity index (χ1n) is 7.81. The van der Waals surface area contributed by atoms with Crippen LogP contribution in [0.15, 0.2) is 48.5 Å². The monoisotopic (exact) mass is 343 g/mol. The fraction of sp³-hybridized carbons (Fsp3) is 0.222. The third kappa shape index (κ3) is 4.06. The molecular formula is C18H18ClN3O2. The highest BCUT2D eigenvalue weighted by Gasteiger charge is 2.21. The first-order valence-corrected chi connectivity index (χ1v) is 8.19. The van der Waals surface area contributed by atoms with Gasteiger partial charge in [-0.1, -0.05) is 17.7 Å². The van der Waals surface area contributed by atoms with Crippen LogP contribution in [0.5, 0.6) is 0 Å². The molecular weight excluding hydrogens is 326 g/mol. The summed E-state index contributed by atoms with van der Waals surface area (Å²) in [6.45, 7) is 0.919. The molecule has 0 aromatic heterocycles. The molecule has 0 spiro atoms. The molecule has 2 aromatic carbocycles. The maximum absolute atomic E-state index is 11.9. The lowest BCUT2D eigenvalue weighted by Gasteiger charge is -2.16. The third-order valence-electron chi connectivity index (χ3n) is 3.81. The van der Waals surface area contributed by atoms with Crippen LogP contribution in [0, 0.1) is 0 Å². The van der Waals surface area contributed by atoms with Crippen LogP contribution >= 0.6 is 11.6 Å². The number of carbonyl (C=O) groups excluding carboxylic acids is 2. The average molecular weight is 344 g/mol. The van der Waals surface area contributed by atoms with E-state index in [0.717, 1.165) is 24.3 Å². The summed E-state index contributed by atoms with van der Waals surface area (Å²) in [5.41, 5.74) is 2.38. The zero-order chi connectivity index (χ0) is 16.9. The molecule has 3 rings (SSSR count). The van der Waals surface area contributed by atoms with Crippen molar-refractivity contribution in [1.29, 1.82) is 0 Å². The quantitative estimate of drug-likeness (QED) is 0.873. The number of benzene rings is 2. The maximum atomic E-state index is 11.9. The van der Waals surface area contributed by atoms with Crippen molar-refractivity contribution in [1.82, 2.24) is 0 Å². The molecule has 0 aliphatic carbocycles. The molecule has 2 amide bonds. The summed E-state index contributed by atoms with van der Waals surface area (Å²) in [4.78, 5) is 25.5. The summed E-state index contributed by atoms with van der Waals surface area (Å²) < 4.78 is 0. The maximum Gasteiger partial charge on any atom is 0.243 e. The Balaban J connectivity index is 1.53. The van der Waals surface area contributed by atoms with Gasteiger partial charge in [-0.3, -0.25) is 9.59 Å². The van der Waals surface area contributed by atoms with Crippen molar-refractivity contribution < 1.29 is 9.59 Å². The molecule has 1 aliphatic heterocycles. The first-order chi connectivity index (χ1) is 11.6.